The van der Waals surface area contributed by atoms with Gasteiger partial charge in [-0.1, -0.05) is 37.3 Å². The highest BCUT2D eigenvalue weighted by molar-refractivity contribution is 5.21. The Morgan fingerprint density at radius 2 is 2.00 bits per heavy atom. The van der Waals surface area contributed by atoms with E-state index in [0.717, 1.165) is 5.56 Å². The van der Waals surface area contributed by atoms with Crippen LogP contribution in [0.1, 0.15) is 30.4 Å². The van der Waals surface area contributed by atoms with Crippen LogP contribution in [-0.4, -0.2) is 15.3 Å². The molecule has 0 aliphatic carbocycles. The molecule has 2 aromatic rings. The number of aromatic nitrogens is 2. The van der Waals surface area contributed by atoms with E-state index in [4.69, 9.17) is 4.42 Å². The van der Waals surface area contributed by atoms with Crippen LogP contribution in [0, 0.1) is 0 Å². The Kier molecular flexibility index (Phi) is 2.78. The van der Waals surface area contributed by atoms with Crippen LogP contribution in [0.25, 0.3) is 0 Å². The van der Waals surface area contributed by atoms with E-state index >= 15 is 0 Å². The van der Waals surface area contributed by atoms with Crippen molar-refractivity contribution >= 4 is 0 Å². The second-order valence-corrected chi connectivity index (χ2v) is 3.20. The molecule has 78 valence electrons. The largest absolute Gasteiger partial charge is 0.422 e. The van der Waals surface area contributed by atoms with Crippen LogP contribution < -0.4 is 0 Å². The van der Waals surface area contributed by atoms with E-state index in [0.29, 0.717) is 12.3 Å². The Labute approximate surface area is 87.6 Å². The molecule has 0 fully saturated rings. The van der Waals surface area contributed by atoms with Crippen molar-refractivity contribution < 1.29 is 9.52 Å². The lowest BCUT2D eigenvalue weighted by Crippen LogP contribution is -1.99. The van der Waals surface area contributed by atoms with Crippen molar-refractivity contribution in [1.82, 2.24) is 10.2 Å². The summed E-state index contributed by atoms with van der Waals surface area (Å²) < 4.78 is 5.28. The van der Waals surface area contributed by atoms with Gasteiger partial charge in [0.15, 0.2) is 6.10 Å². The minimum Gasteiger partial charge on any atom is -0.422 e. The molecular weight excluding hydrogens is 192 g/mol. The van der Waals surface area contributed by atoms with Crippen LogP contribution in [0.2, 0.25) is 0 Å². The summed E-state index contributed by atoms with van der Waals surface area (Å²) in [5.74, 6) is 0.790. The first-order valence-electron chi connectivity index (χ1n) is 4.86. The Bertz CT molecular complexity index is 425. The van der Waals surface area contributed by atoms with E-state index in [1.54, 1.807) is 0 Å². The number of nitrogens with zero attached hydrogens (tertiary/aromatic N) is 2. The lowest BCUT2D eigenvalue weighted by atomic mass is 10.1. The number of aliphatic hydroxyl groups excluding tert-OH is 1. The first-order valence-corrected chi connectivity index (χ1v) is 4.86. The maximum atomic E-state index is 9.90. The molecule has 1 N–H and O–H groups in total. The van der Waals surface area contributed by atoms with Crippen molar-refractivity contribution in [2.24, 2.45) is 0 Å². The normalized spacial score (nSPS) is 12.7. The zero-order valence-corrected chi connectivity index (χ0v) is 8.42. The quantitative estimate of drug-likeness (QED) is 0.826. The van der Waals surface area contributed by atoms with Crippen LogP contribution in [0.3, 0.4) is 0 Å². The zero-order valence-electron chi connectivity index (χ0n) is 8.42. The maximum Gasteiger partial charge on any atom is 0.249 e. The minimum absolute atomic E-state index is 0.248. The van der Waals surface area contributed by atoms with Gasteiger partial charge in [0, 0.05) is 6.42 Å². The second kappa shape index (κ2) is 4.23. The summed E-state index contributed by atoms with van der Waals surface area (Å²) >= 11 is 0. The van der Waals surface area contributed by atoms with E-state index in [1.165, 1.54) is 0 Å². The summed E-state index contributed by atoms with van der Waals surface area (Å²) in [6, 6.07) is 9.24. The standard InChI is InChI=1S/C11H12N2O2/c1-2-9-12-13-11(15-9)10(14)8-6-4-3-5-7-8/h3-7,10,14H,2H2,1H3/t10-/m0/s1. The van der Waals surface area contributed by atoms with Gasteiger partial charge >= 0.3 is 0 Å². The summed E-state index contributed by atoms with van der Waals surface area (Å²) in [7, 11) is 0. The van der Waals surface area contributed by atoms with Gasteiger partial charge in [-0.3, -0.25) is 0 Å². The van der Waals surface area contributed by atoms with Gasteiger partial charge in [-0.25, -0.2) is 0 Å². The summed E-state index contributed by atoms with van der Waals surface area (Å²) in [5.41, 5.74) is 0.754. The monoisotopic (exact) mass is 204 g/mol. The molecule has 0 unspecified atom stereocenters. The van der Waals surface area contributed by atoms with E-state index in [1.807, 2.05) is 37.3 Å². The molecule has 1 aromatic carbocycles. The molecule has 0 saturated heterocycles. The molecule has 2 rings (SSSR count). The van der Waals surface area contributed by atoms with Crippen LogP contribution >= 0.6 is 0 Å². The van der Waals surface area contributed by atoms with E-state index in [2.05, 4.69) is 10.2 Å². The van der Waals surface area contributed by atoms with Crippen LogP contribution in [0.5, 0.6) is 0 Å². The Morgan fingerprint density at radius 3 is 2.60 bits per heavy atom. The molecule has 0 aliphatic rings. The van der Waals surface area contributed by atoms with Crippen LogP contribution in [0.15, 0.2) is 34.7 Å². The van der Waals surface area contributed by atoms with Crippen molar-refractivity contribution in [1.29, 1.82) is 0 Å². The van der Waals surface area contributed by atoms with Crippen molar-refractivity contribution in [3.63, 3.8) is 0 Å². The summed E-state index contributed by atoms with van der Waals surface area (Å²) in [6.45, 7) is 1.92. The molecule has 4 nitrogen and oxygen atoms in total. The van der Waals surface area contributed by atoms with Gasteiger partial charge < -0.3 is 9.52 Å². The number of rotatable bonds is 3. The molecule has 0 spiro atoms. The smallest absolute Gasteiger partial charge is 0.249 e. The van der Waals surface area contributed by atoms with Crippen molar-refractivity contribution in [2.75, 3.05) is 0 Å². The lowest BCUT2D eigenvalue weighted by Gasteiger charge is -2.04. The number of benzene rings is 1. The maximum absolute atomic E-state index is 9.90. The van der Waals surface area contributed by atoms with Gasteiger partial charge in [-0.05, 0) is 5.56 Å². The molecule has 15 heavy (non-hydrogen) atoms. The zero-order chi connectivity index (χ0) is 10.7. The van der Waals surface area contributed by atoms with Crippen LogP contribution in [0.4, 0.5) is 0 Å². The molecule has 1 aromatic heterocycles. The SMILES string of the molecule is CCc1nnc([C@@H](O)c2ccccc2)o1. The number of aryl methyl sites for hydroxylation is 1. The molecule has 0 bridgehead atoms. The Morgan fingerprint density at radius 1 is 1.27 bits per heavy atom. The third-order valence-corrected chi connectivity index (χ3v) is 2.13. The summed E-state index contributed by atoms with van der Waals surface area (Å²) in [4.78, 5) is 0. The number of aliphatic hydroxyl groups is 1. The molecule has 1 heterocycles. The van der Waals surface area contributed by atoms with Gasteiger partial charge in [-0.2, -0.15) is 0 Å². The third kappa shape index (κ3) is 2.05. The fraction of sp³-hybridized carbons (Fsp3) is 0.273. The third-order valence-electron chi connectivity index (χ3n) is 2.13. The lowest BCUT2D eigenvalue weighted by molar-refractivity contribution is 0.180. The molecule has 0 amide bonds. The fourth-order valence-corrected chi connectivity index (χ4v) is 1.30. The van der Waals surface area contributed by atoms with Crippen molar-refractivity contribution in [3.8, 4) is 0 Å². The predicted molar refractivity (Wildman–Crippen MR) is 54.2 cm³/mol. The molecule has 0 radical (unpaired) electrons. The Balaban J connectivity index is 2.24. The van der Waals surface area contributed by atoms with Crippen molar-refractivity contribution in [3.05, 3.63) is 47.7 Å². The van der Waals surface area contributed by atoms with E-state index in [9.17, 15) is 5.11 Å². The van der Waals surface area contributed by atoms with Crippen LogP contribution in [-0.2, 0) is 6.42 Å². The van der Waals surface area contributed by atoms with Gasteiger partial charge in [0.25, 0.3) is 0 Å². The molecular formula is C11H12N2O2. The molecule has 4 heteroatoms. The highest BCUT2D eigenvalue weighted by Gasteiger charge is 2.16. The van der Waals surface area contributed by atoms with E-state index in [-0.39, 0.29) is 5.89 Å². The average molecular weight is 204 g/mol. The highest BCUT2D eigenvalue weighted by Crippen LogP contribution is 2.20. The van der Waals surface area contributed by atoms with Gasteiger partial charge in [0.2, 0.25) is 11.8 Å². The summed E-state index contributed by atoms with van der Waals surface area (Å²) in [5, 5.41) is 17.5. The number of hydrogen-bond acceptors (Lipinski definition) is 4. The van der Waals surface area contributed by atoms with Gasteiger partial charge in [-0.15, -0.1) is 10.2 Å². The minimum atomic E-state index is -0.834. The molecule has 1 atom stereocenters. The average Bonchev–Trinajstić information content (AvgIpc) is 2.78. The van der Waals surface area contributed by atoms with Crippen molar-refractivity contribution in [2.45, 2.75) is 19.4 Å². The topological polar surface area (TPSA) is 59.2 Å². The molecule has 0 saturated carbocycles. The summed E-state index contributed by atoms with van der Waals surface area (Å²) in [6.07, 6.45) is -0.159. The van der Waals surface area contributed by atoms with E-state index < -0.39 is 6.10 Å². The van der Waals surface area contributed by atoms with Gasteiger partial charge in [0.1, 0.15) is 0 Å². The Hall–Kier alpha value is -1.68. The fourth-order valence-electron chi connectivity index (χ4n) is 1.30. The first kappa shape index (κ1) is 9.86. The highest BCUT2D eigenvalue weighted by atomic mass is 16.4. The number of hydrogen-bond donors (Lipinski definition) is 1. The first-order chi connectivity index (χ1) is 7.31. The van der Waals surface area contributed by atoms with Gasteiger partial charge in [0.05, 0.1) is 0 Å². The second-order valence-electron chi connectivity index (χ2n) is 3.20. The predicted octanol–water partition coefficient (Wildman–Crippen LogP) is 1.71. The molecule has 0 aliphatic heterocycles.